The van der Waals surface area contributed by atoms with Gasteiger partial charge in [0, 0.05) is 0 Å². The van der Waals surface area contributed by atoms with Crippen molar-refractivity contribution in [2.24, 2.45) is 17.8 Å². The van der Waals surface area contributed by atoms with Gasteiger partial charge in [-0.3, -0.25) is 0 Å². The largest absolute Gasteiger partial charge is 0.432 e. The van der Waals surface area contributed by atoms with Gasteiger partial charge < -0.3 is 4.74 Å². The smallest absolute Gasteiger partial charge is 0.387 e. The molecule has 0 bridgehead atoms. The third-order valence-electron chi connectivity index (χ3n) is 6.55. The molecule has 2 aliphatic rings. The fraction of sp³-hybridized carbons (Fsp3) is 0.714. The highest BCUT2D eigenvalue weighted by Gasteiger charge is 2.31. The predicted molar refractivity (Wildman–Crippen MR) is 93.5 cm³/mol. The van der Waals surface area contributed by atoms with Crippen LogP contribution >= 0.6 is 0 Å². The SMILES string of the molecule is CCC1CCC(C2CCC(c3ccc(OC(F)F)c(F)c3)CC2)CC1. The topological polar surface area (TPSA) is 9.23 Å². The molecule has 3 rings (SSSR count). The first-order valence-corrected chi connectivity index (χ1v) is 9.81. The second kappa shape index (κ2) is 8.46. The van der Waals surface area contributed by atoms with E-state index in [1.54, 1.807) is 6.07 Å². The average Bonchev–Trinajstić information content (AvgIpc) is 2.63. The van der Waals surface area contributed by atoms with E-state index in [4.69, 9.17) is 0 Å². The van der Waals surface area contributed by atoms with E-state index in [1.165, 1.54) is 57.1 Å². The molecule has 0 atom stereocenters. The highest BCUT2D eigenvalue weighted by Crippen LogP contribution is 2.44. The van der Waals surface area contributed by atoms with E-state index in [2.05, 4.69) is 11.7 Å². The van der Waals surface area contributed by atoms with Gasteiger partial charge >= 0.3 is 6.61 Å². The third-order valence-corrected chi connectivity index (χ3v) is 6.55. The fourth-order valence-electron chi connectivity index (χ4n) is 4.95. The van der Waals surface area contributed by atoms with Crippen molar-refractivity contribution in [3.63, 3.8) is 0 Å². The molecule has 1 aromatic carbocycles. The van der Waals surface area contributed by atoms with Crippen LogP contribution in [0.5, 0.6) is 5.75 Å². The molecule has 0 unspecified atom stereocenters. The van der Waals surface area contributed by atoms with Crippen molar-refractivity contribution in [2.75, 3.05) is 0 Å². The lowest BCUT2D eigenvalue weighted by molar-refractivity contribution is -0.0522. The molecule has 0 saturated heterocycles. The fourth-order valence-corrected chi connectivity index (χ4v) is 4.95. The van der Waals surface area contributed by atoms with E-state index in [-0.39, 0.29) is 5.75 Å². The zero-order chi connectivity index (χ0) is 17.8. The molecule has 0 aliphatic heterocycles. The predicted octanol–water partition coefficient (Wildman–Crippen LogP) is 6.92. The lowest BCUT2D eigenvalue weighted by Gasteiger charge is -2.38. The van der Waals surface area contributed by atoms with Crippen molar-refractivity contribution in [3.8, 4) is 5.75 Å². The molecule has 25 heavy (non-hydrogen) atoms. The van der Waals surface area contributed by atoms with Crippen LogP contribution in [0, 0.1) is 23.6 Å². The van der Waals surface area contributed by atoms with E-state index in [1.807, 2.05) is 0 Å². The van der Waals surface area contributed by atoms with Crippen LogP contribution < -0.4 is 4.74 Å². The number of rotatable bonds is 5. The maximum absolute atomic E-state index is 13.9. The number of benzene rings is 1. The first-order valence-electron chi connectivity index (χ1n) is 9.81. The minimum Gasteiger partial charge on any atom is -0.432 e. The van der Waals surface area contributed by atoms with Crippen molar-refractivity contribution in [2.45, 2.75) is 77.2 Å². The van der Waals surface area contributed by atoms with Gasteiger partial charge in [0.1, 0.15) is 0 Å². The van der Waals surface area contributed by atoms with E-state index in [0.29, 0.717) is 5.92 Å². The van der Waals surface area contributed by atoms with Gasteiger partial charge in [0.15, 0.2) is 11.6 Å². The van der Waals surface area contributed by atoms with Gasteiger partial charge in [-0.2, -0.15) is 8.78 Å². The van der Waals surface area contributed by atoms with Crippen LogP contribution in [0.3, 0.4) is 0 Å². The van der Waals surface area contributed by atoms with Crippen LogP contribution in [0.2, 0.25) is 0 Å². The second-order valence-electron chi connectivity index (χ2n) is 7.87. The first kappa shape index (κ1) is 18.6. The van der Waals surface area contributed by atoms with Gasteiger partial charge in [-0.1, -0.05) is 32.3 Å². The molecule has 2 aliphatic carbocycles. The number of ether oxygens (including phenoxy) is 1. The third kappa shape index (κ3) is 4.71. The standard InChI is InChI=1S/C21H29F3O/c1-2-14-3-5-15(6-4-14)16-7-9-17(10-8-16)18-11-12-20(19(22)13-18)25-21(23)24/h11-17,21H,2-10H2,1H3. The van der Waals surface area contributed by atoms with E-state index in [0.717, 1.165) is 36.2 Å². The Hall–Kier alpha value is -1.19. The summed E-state index contributed by atoms with van der Waals surface area (Å²) in [5.41, 5.74) is 0.923. The lowest BCUT2D eigenvalue weighted by Crippen LogP contribution is -2.25. The minimum absolute atomic E-state index is 0.346. The molecule has 1 nitrogen and oxygen atoms in total. The summed E-state index contributed by atoms with van der Waals surface area (Å²) in [5, 5.41) is 0. The molecule has 4 heteroatoms. The first-order chi connectivity index (χ1) is 12.1. The Balaban J connectivity index is 1.53. The number of hydrogen-bond donors (Lipinski definition) is 0. The average molecular weight is 354 g/mol. The maximum Gasteiger partial charge on any atom is 0.387 e. The Morgan fingerprint density at radius 3 is 2.08 bits per heavy atom. The molecule has 0 aromatic heterocycles. The normalized spacial score (nSPS) is 30.4. The highest BCUT2D eigenvalue weighted by atomic mass is 19.3. The summed E-state index contributed by atoms with van der Waals surface area (Å²) < 4.78 is 42.6. The molecule has 0 N–H and O–H groups in total. The molecule has 2 fully saturated rings. The van der Waals surface area contributed by atoms with Gasteiger partial charge in [0.05, 0.1) is 0 Å². The highest BCUT2D eigenvalue weighted by molar-refractivity contribution is 5.31. The van der Waals surface area contributed by atoms with E-state index in [9.17, 15) is 13.2 Å². The van der Waals surface area contributed by atoms with Crippen LogP contribution in [-0.2, 0) is 0 Å². The van der Waals surface area contributed by atoms with Crippen LogP contribution in [0.25, 0.3) is 0 Å². The molecule has 0 radical (unpaired) electrons. The van der Waals surface area contributed by atoms with Crippen molar-refractivity contribution in [3.05, 3.63) is 29.6 Å². The summed E-state index contributed by atoms with van der Waals surface area (Å²) in [6.45, 7) is -0.689. The van der Waals surface area contributed by atoms with Crippen molar-refractivity contribution in [1.82, 2.24) is 0 Å². The van der Waals surface area contributed by atoms with Gasteiger partial charge in [0.2, 0.25) is 0 Å². The molecular formula is C21H29F3O. The van der Waals surface area contributed by atoms with Gasteiger partial charge in [-0.05, 0) is 79.9 Å². The van der Waals surface area contributed by atoms with Crippen molar-refractivity contribution >= 4 is 0 Å². The number of alkyl halides is 2. The summed E-state index contributed by atoms with van der Waals surface area (Å²) in [6.07, 6.45) is 11.4. The van der Waals surface area contributed by atoms with E-state index < -0.39 is 12.4 Å². The van der Waals surface area contributed by atoms with Crippen molar-refractivity contribution in [1.29, 1.82) is 0 Å². The molecule has 0 heterocycles. The Morgan fingerprint density at radius 1 is 0.960 bits per heavy atom. The molecule has 140 valence electrons. The van der Waals surface area contributed by atoms with Crippen LogP contribution in [-0.4, -0.2) is 6.61 Å². The van der Waals surface area contributed by atoms with Gasteiger partial charge in [-0.25, -0.2) is 4.39 Å². The second-order valence-corrected chi connectivity index (χ2v) is 7.87. The van der Waals surface area contributed by atoms with Gasteiger partial charge in [-0.15, -0.1) is 0 Å². The Morgan fingerprint density at radius 2 is 1.56 bits per heavy atom. The van der Waals surface area contributed by atoms with E-state index >= 15 is 0 Å². The summed E-state index contributed by atoms with van der Waals surface area (Å²) >= 11 is 0. The van der Waals surface area contributed by atoms with Crippen LogP contribution in [0.15, 0.2) is 18.2 Å². The molecule has 0 spiro atoms. The monoisotopic (exact) mass is 354 g/mol. The number of halogens is 3. The Bertz CT molecular complexity index is 544. The van der Waals surface area contributed by atoms with Crippen molar-refractivity contribution < 1.29 is 17.9 Å². The Kier molecular flexibility index (Phi) is 6.29. The molecule has 2 saturated carbocycles. The van der Waals surface area contributed by atoms with Crippen LogP contribution in [0.1, 0.15) is 76.2 Å². The Labute approximate surface area is 149 Å². The molecule has 1 aromatic rings. The number of hydrogen-bond acceptors (Lipinski definition) is 1. The maximum atomic E-state index is 13.9. The quantitative estimate of drug-likeness (QED) is 0.558. The lowest BCUT2D eigenvalue weighted by atomic mass is 9.68. The molecule has 0 amide bonds. The summed E-state index contributed by atoms with van der Waals surface area (Å²) in [5.74, 6) is 1.93. The summed E-state index contributed by atoms with van der Waals surface area (Å²) in [6, 6.07) is 4.47. The zero-order valence-corrected chi connectivity index (χ0v) is 15.0. The summed E-state index contributed by atoms with van der Waals surface area (Å²) in [4.78, 5) is 0. The molecular weight excluding hydrogens is 325 g/mol. The zero-order valence-electron chi connectivity index (χ0n) is 15.0. The van der Waals surface area contributed by atoms with Crippen LogP contribution in [0.4, 0.5) is 13.2 Å². The minimum atomic E-state index is -2.99. The summed E-state index contributed by atoms with van der Waals surface area (Å²) in [7, 11) is 0. The van der Waals surface area contributed by atoms with Gasteiger partial charge in [0.25, 0.3) is 0 Å².